The number of aromatic nitrogens is 1. The molecule has 6 heteroatoms. The van der Waals surface area contributed by atoms with Crippen LogP contribution in [0.15, 0.2) is 36.4 Å². The third-order valence-electron chi connectivity index (χ3n) is 3.35. The van der Waals surface area contributed by atoms with Crippen molar-refractivity contribution in [2.24, 2.45) is 0 Å². The first kappa shape index (κ1) is 13.5. The summed E-state index contributed by atoms with van der Waals surface area (Å²) >= 11 is 0. The van der Waals surface area contributed by atoms with Crippen LogP contribution in [-0.4, -0.2) is 16.1 Å². The Balaban J connectivity index is 2.23. The number of fused-ring (bicyclic) bond motifs is 3. The summed E-state index contributed by atoms with van der Waals surface area (Å²) in [4.78, 5) is 13.8. The van der Waals surface area contributed by atoms with Crippen LogP contribution < -0.4 is 0 Å². The van der Waals surface area contributed by atoms with Crippen LogP contribution in [0.4, 0.5) is 13.2 Å². The zero-order valence-corrected chi connectivity index (χ0v) is 10.7. The van der Waals surface area contributed by atoms with Gasteiger partial charge in [0.25, 0.3) is 0 Å². The first-order valence-electron chi connectivity index (χ1n) is 6.18. The van der Waals surface area contributed by atoms with Crippen molar-refractivity contribution in [1.82, 2.24) is 4.98 Å². The third-order valence-corrected chi connectivity index (χ3v) is 3.35. The summed E-state index contributed by atoms with van der Waals surface area (Å²) in [6.45, 7) is 0. The van der Waals surface area contributed by atoms with Crippen molar-refractivity contribution in [3.8, 4) is 0 Å². The maximum Gasteiger partial charge on any atom is 0.416 e. The van der Waals surface area contributed by atoms with E-state index in [1.807, 2.05) is 0 Å². The minimum absolute atomic E-state index is 0.165. The van der Waals surface area contributed by atoms with E-state index in [1.165, 1.54) is 6.07 Å². The molecule has 3 rings (SSSR count). The van der Waals surface area contributed by atoms with Crippen LogP contribution in [-0.2, 0) is 17.4 Å². The van der Waals surface area contributed by atoms with Gasteiger partial charge in [0.15, 0.2) is 0 Å². The number of aromatic amines is 1. The molecule has 1 heterocycles. The maximum atomic E-state index is 12.8. The fourth-order valence-electron chi connectivity index (χ4n) is 2.41. The summed E-state index contributed by atoms with van der Waals surface area (Å²) in [7, 11) is 0. The molecule has 3 nitrogen and oxygen atoms in total. The minimum Gasteiger partial charge on any atom is -0.481 e. The van der Waals surface area contributed by atoms with Gasteiger partial charge >= 0.3 is 12.1 Å². The van der Waals surface area contributed by atoms with Gasteiger partial charge in [0.1, 0.15) is 0 Å². The average Bonchev–Trinajstić information content (AvgIpc) is 2.74. The summed E-state index contributed by atoms with van der Waals surface area (Å²) in [5, 5.41) is 9.83. The van der Waals surface area contributed by atoms with Crippen LogP contribution in [0.5, 0.6) is 0 Å². The van der Waals surface area contributed by atoms with Crippen LogP contribution in [0, 0.1) is 0 Å². The zero-order valence-electron chi connectivity index (χ0n) is 10.7. The number of nitrogens with one attached hydrogen (secondary N) is 1. The lowest BCUT2D eigenvalue weighted by molar-refractivity contribution is -0.138. The van der Waals surface area contributed by atoms with Crippen LogP contribution in [0.1, 0.15) is 11.1 Å². The van der Waals surface area contributed by atoms with E-state index in [2.05, 4.69) is 4.98 Å². The number of H-pyrrole nitrogens is 1. The van der Waals surface area contributed by atoms with E-state index in [0.717, 1.165) is 12.1 Å². The molecule has 0 atom stereocenters. The second-order valence-corrected chi connectivity index (χ2v) is 4.83. The molecule has 3 aromatic rings. The quantitative estimate of drug-likeness (QED) is 0.751. The molecule has 0 spiro atoms. The van der Waals surface area contributed by atoms with E-state index >= 15 is 0 Å². The highest BCUT2D eigenvalue weighted by molar-refractivity contribution is 6.07. The van der Waals surface area contributed by atoms with Gasteiger partial charge in [0, 0.05) is 21.8 Å². The van der Waals surface area contributed by atoms with Crippen molar-refractivity contribution < 1.29 is 23.1 Å². The Hall–Kier alpha value is -2.50. The smallest absolute Gasteiger partial charge is 0.416 e. The molecule has 21 heavy (non-hydrogen) atoms. The standard InChI is InChI=1S/C15H10F3NO2/c16-15(17,18)9-2-4-13-11(7-9)10-5-8(6-14(20)21)1-3-12(10)19-13/h1-5,7,19H,6H2,(H,20,21). The Bertz CT molecular complexity index is 849. The molecule has 2 aromatic carbocycles. The number of aliphatic carboxylic acids is 1. The first-order valence-corrected chi connectivity index (χ1v) is 6.18. The fraction of sp³-hybridized carbons (Fsp3) is 0.133. The topological polar surface area (TPSA) is 53.1 Å². The third kappa shape index (κ3) is 2.44. The molecule has 0 saturated heterocycles. The molecule has 0 saturated carbocycles. The van der Waals surface area contributed by atoms with Crippen molar-refractivity contribution in [1.29, 1.82) is 0 Å². The van der Waals surface area contributed by atoms with Crippen LogP contribution >= 0.6 is 0 Å². The average molecular weight is 293 g/mol. The molecule has 0 aliphatic heterocycles. The van der Waals surface area contributed by atoms with Gasteiger partial charge in [-0.3, -0.25) is 4.79 Å². The van der Waals surface area contributed by atoms with Gasteiger partial charge in [-0.25, -0.2) is 0 Å². The molecule has 0 amide bonds. The SMILES string of the molecule is O=C(O)Cc1ccc2[nH]c3ccc(C(F)(F)F)cc3c2c1. The summed E-state index contributed by atoms with van der Waals surface area (Å²) in [6.07, 6.45) is -4.57. The van der Waals surface area contributed by atoms with Gasteiger partial charge in [-0.2, -0.15) is 13.2 Å². The van der Waals surface area contributed by atoms with Gasteiger partial charge in [-0.1, -0.05) is 6.07 Å². The van der Waals surface area contributed by atoms with E-state index in [9.17, 15) is 18.0 Å². The molecule has 1 aromatic heterocycles. The van der Waals surface area contributed by atoms with Gasteiger partial charge in [0.05, 0.1) is 12.0 Å². The van der Waals surface area contributed by atoms with Crippen molar-refractivity contribution >= 4 is 27.8 Å². The van der Waals surface area contributed by atoms with Gasteiger partial charge < -0.3 is 10.1 Å². The number of carbonyl (C=O) groups is 1. The highest BCUT2D eigenvalue weighted by Gasteiger charge is 2.30. The number of hydrogen-bond acceptors (Lipinski definition) is 1. The van der Waals surface area contributed by atoms with Gasteiger partial charge in [0.2, 0.25) is 0 Å². The molecule has 0 radical (unpaired) electrons. The highest BCUT2D eigenvalue weighted by Crippen LogP contribution is 2.34. The Morgan fingerprint density at radius 2 is 1.67 bits per heavy atom. The monoisotopic (exact) mass is 293 g/mol. The normalized spacial score (nSPS) is 12.1. The predicted octanol–water partition coefficient (Wildman–Crippen LogP) is 3.97. The van der Waals surface area contributed by atoms with Crippen LogP contribution in [0.25, 0.3) is 21.8 Å². The van der Waals surface area contributed by atoms with Crippen molar-refractivity contribution in [2.45, 2.75) is 12.6 Å². The van der Waals surface area contributed by atoms with Crippen molar-refractivity contribution in [3.05, 3.63) is 47.5 Å². The van der Waals surface area contributed by atoms with E-state index in [4.69, 9.17) is 5.11 Å². The predicted molar refractivity (Wildman–Crippen MR) is 72.1 cm³/mol. The van der Waals surface area contributed by atoms with Crippen molar-refractivity contribution in [3.63, 3.8) is 0 Å². The molecule has 0 bridgehead atoms. The molecular weight excluding hydrogens is 283 g/mol. The second-order valence-electron chi connectivity index (χ2n) is 4.83. The van der Waals surface area contributed by atoms with Gasteiger partial charge in [-0.15, -0.1) is 0 Å². The largest absolute Gasteiger partial charge is 0.481 e. The Morgan fingerprint density at radius 1 is 1.05 bits per heavy atom. The lowest BCUT2D eigenvalue weighted by Crippen LogP contribution is -2.03. The summed E-state index contributed by atoms with van der Waals surface area (Å²) in [5.41, 5.74) is 1.09. The van der Waals surface area contributed by atoms with Crippen LogP contribution in [0.3, 0.4) is 0 Å². The number of hydrogen-bond donors (Lipinski definition) is 2. The van der Waals surface area contributed by atoms with Crippen molar-refractivity contribution in [2.75, 3.05) is 0 Å². The number of alkyl halides is 3. The molecular formula is C15H10F3NO2. The first-order chi connectivity index (χ1) is 9.84. The van der Waals surface area contributed by atoms with Crippen LogP contribution in [0.2, 0.25) is 0 Å². The number of carboxylic acid groups (broad SMARTS) is 1. The molecule has 108 valence electrons. The second kappa shape index (κ2) is 4.51. The Kier molecular flexibility index (Phi) is 2.90. The maximum absolute atomic E-state index is 12.8. The minimum atomic E-state index is -4.41. The summed E-state index contributed by atoms with van der Waals surface area (Å²) in [6, 6.07) is 8.43. The summed E-state index contributed by atoms with van der Waals surface area (Å²) < 4.78 is 38.4. The van der Waals surface area contributed by atoms with E-state index in [1.54, 1.807) is 18.2 Å². The molecule has 2 N–H and O–H groups in total. The molecule has 0 aliphatic carbocycles. The molecule has 0 unspecified atom stereocenters. The van der Waals surface area contributed by atoms with E-state index < -0.39 is 17.7 Å². The lowest BCUT2D eigenvalue weighted by atomic mass is 10.1. The molecule has 0 fully saturated rings. The number of benzene rings is 2. The molecule has 0 aliphatic rings. The van der Waals surface area contributed by atoms with E-state index in [0.29, 0.717) is 27.4 Å². The Morgan fingerprint density at radius 3 is 2.29 bits per heavy atom. The van der Waals surface area contributed by atoms with E-state index in [-0.39, 0.29) is 6.42 Å². The fourth-order valence-corrected chi connectivity index (χ4v) is 2.41. The summed E-state index contributed by atoms with van der Waals surface area (Å²) in [5.74, 6) is -0.981. The highest BCUT2D eigenvalue weighted by atomic mass is 19.4. The van der Waals surface area contributed by atoms with Gasteiger partial charge in [-0.05, 0) is 35.9 Å². The number of halogens is 3. The number of rotatable bonds is 2. The number of carboxylic acids is 1. The lowest BCUT2D eigenvalue weighted by Gasteiger charge is -2.06. The zero-order chi connectivity index (χ0) is 15.2. The Labute approximate surface area is 117 Å².